The predicted molar refractivity (Wildman–Crippen MR) is 67.1 cm³/mol. The third-order valence-corrected chi connectivity index (χ3v) is 2.72. The SMILES string of the molecule is CC(CCNc1ccccc1N)N(C)C. The van der Waals surface area contributed by atoms with Gasteiger partial charge < -0.3 is 16.0 Å². The highest BCUT2D eigenvalue weighted by atomic mass is 15.1. The maximum absolute atomic E-state index is 5.82. The van der Waals surface area contributed by atoms with Crippen molar-refractivity contribution in [2.45, 2.75) is 19.4 Å². The van der Waals surface area contributed by atoms with Gasteiger partial charge in [-0.05, 0) is 39.6 Å². The zero-order valence-electron chi connectivity index (χ0n) is 9.83. The average molecular weight is 207 g/mol. The molecule has 0 amide bonds. The zero-order valence-corrected chi connectivity index (χ0v) is 9.83. The number of para-hydroxylation sites is 2. The van der Waals surface area contributed by atoms with Crippen LogP contribution in [0, 0.1) is 0 Å². The predicted octanol–water partition coefficient (Wildman–Crippen LogP) is 2.02. The molecule has 0 aliphatic rings. The van der Waals surface area contributed by atoms with Gasteiger partial charge in [0.2, 0.25) is 0 Å². The third kappa shape index (κ3) is 3.80. The molecule has 0 fully saturated rings. The van der Waals surface area contributed by atoms with Crippen LogP contribution in [0.1, 0.15) is 13.3 Å². The molecule has 0 heterocycles. The maximum Gasteiger partial charge on any atom is 0.0573 e. The summed E-state index contributed by atoms with van der Waals surface area (Å²) in [4.78, 5) is 2.22. The lowest BCUT2D eigenvalue weighted by atomic mass is 10.2. The van der Waals surface area contributed by atoms with Crippen LogP contribution in [0.4, 0.5) is 11.4 Å². The van der Waals surface area contributed by atoms with Crippen LogP contribution >= 0.6 is 0 Å². The molecule has 3 nitrogen and oxygen atoms in total. The number of hydrogen-bond donors (Lipinski definition) is 2. The van der Waals surface area contributed by atoms with Crippen molar-refractivity contribution in [3.8, 4) is 0 Å². The number of rotatable bonds is 5. The second-order valence-electron chi connectivity index (χ2n) is 4.12. The molecule has 0 saturated heterocycles. The van der Waals surface area contributed by atoms with Crippen molar-refractivity contribution < 1.29 is 0 Å². The molecule has 3 N–H and O–H groups in total. The molecule has 0 aliphatic carbocycles. The molecule has 0 radical (unpaired) electrons. The number of nitrogens with zero attached hydrogens (tertiary/aromatic N) is 1. The van der Waals surface area contributed by atoms with E-state index in [4.69, 9.17) is 5.73 Å². The normalized spacial score (nSPS) is 12.8. The van der Waals surface area contributed by atoms with E-state index >= 15 is 0 Å². The van der Waals surface area contributed by atoms with Crippen molar-refractivity contribution in [2.75, 3.05) is 31.7 Å². The Labute approximate surface area is 92.3 Å². The number of nitrogen functional groups attached to an aromatic ring is 1. The van der Waals surface area contributed by atoms with Gasteiger partial charge in [-0.25, -0.2) is 0 Å². The highest BCUT2D eigenvalue weighted by Gasteiger charge is 2.03. The number of anilines is 2. The summed E-state index contributed by atoms with van der Waals surface area (Å²) in [6.45, 7) is 3.17. The van der Waals surface area contributed by atoms with Crippen molar-refractivity contribution in [1.82, 2.24) is 4.90 Å². The molecule has 1 unspecified atom stereocenters. The Balaban J connectivity index is 2.35. The first-order valence-electron chi connectivity index (χ1n) is 5.36. The number of nitrogens with one attached hydrogen (secondary N) is 1. The Morgan fingerprint density at radius 3 is 2.60 bits per heavy atom. The van der Waals surface area contributed by atoms with Gasteiger partial charge in [-0.3, -0.25) is 0 Å². The summed E-state index contributed by atoms with van der Waals surface area (Å²) < 4.78 is 0. The lowest BCUT2D eigenvalue weighted by Gasteiger charge is -2.20. The largest absolute Gasteiger partial charge is 0.397 e. The highest BCUT2D eigenvalue weighted by Crippen LogP contribution is 2.16. The lowest BCUT2D eigenvalue weighted by molar-refractivity contribution is 0.304. The van der Waals surface area contributed by atoms with E-state index in [0.29, 0.717) is 6.04 Å². The van der Waals surface area contributed by atoms with Gasteiger partial charge in [-0.2, -0.15) is 0 Å². The molecule has 15 heavy (non-hydrogen) atoms. The van der Waals surface area contributed by atoms with Crippen molar-refractivity contribution in [1.29, 1.82) is 0 Å². The van der Waals surface area contributed by atoms with E-state index in [2.05, 4.69) is 31.2 Å². The van der Waals surface area contributed by atoms with E-state index in [1.54, 1.807) is 0 Å². The Bertz CT molecular complexity index is 297. The van der Waals surface area contributed by atoms with Crippen molar-refractivity contribution in [3.63, 3.8) is 0 Å². The summed E-state index contributed by atoms with van der Waals surface area (Å²) in [5.74, 6) is 0. The van der Waals surface area contributed by atoms with E-state index in [1.807, 2.05) is 24.3 Å². The fourth-order valence-corrected chi connectivity index (χ4v) is 1.33. The van der Waals surface area contributed by atoms with Gasteiger partial charge in [0.05, 0.1) is 11.4 Å². The standard InChI is InChI=1S/C12H21N3/c1-10(15(2)3)8-9-14-12-7-5-4-6-11(12)13/h4-7,10,14H,8-9,13H2,1-3H3. The van der Waals surface area contributed by atoms with Gasteiger partial charge in [0.1, 0.15) is 0 Å². The molecule has 0 aliphatic heterocycles. The van der Waals surface area contributed by atoms with Gasteiger partial charge in [-0.15, -0.1) is 0 Å². The van der Waals surface area contributed by atoms with Gasteiger partial charge >= 0.3 is 0 Å². The van der Waals surface area contributed by atoms with Crippen LogP contribution in [-0.4, -0.2) is 31.6 Å². The molecule has 1 atom stereocenters. The Morgan fingerprint density at radius 1 is 1.33 bits per heavy atom. The number of benzene rings is 1. The van der Waals surface area contributed by atoms with E-state index < -0.39 is 0 Å². The minimum absolute atomic E-state index is 0.586. The molecule has 0 bridgehead atoms. The van der Waals surface area contributed by atoms with E-state index in [-0.39, 0.29) is 0 Å². The van der Waals surface area contributed by atoms with Crippen LogP contribution in [0.5, 0.6) is 0 Å². The first-order chi connectivity index (χ1) is 7.11. The minimum Gasteiger partial charge on any atom is -0.397 e. The monoisotopic (exact) mass is 207 g/mol. The third-order valence-electron chi connectivity index (χ3n) is 2.72. The summed E-state index contributed by atoms with van der Waals surface area (Å²) in [6, 6.07) is 8.45. The van der Waals surface area contributed by atoms with Crippen LogP contribution in [-0.2, 0) is 0 Å². The smallest absolute Gasteiger partial charge is 0.0573 e. The summed E-state index contributed by atoms with van der Waals surface area (Å²) >= 11 is 0. The van der Waals surface area contributed by atoms with Crippen LogP contribution < -0.4 is 11.1 Å². The van der Waals surface area contributed by atoms with E-state index in [1.165, 1.54) is 0 Å². The molecule has 0 aromatic heterocycles. The summed E-state index contributed by atoms with van der Waals surface area (Å²) in [5, 5.41) is 3.35. The molecule has 3 heteroatoms. The van der Waals surface area contributed by atoms with Crippen LogP contribution in [0.15, 0.2) is 24.3 Å². The zero-order chi connectivity index (χ0) is 11.3. The van der Waals surface area contributed by atoms with Gasteiger partial charge in [0.15, 0.2) is 0 Å². The van der Waals surface area contributed by atoms with Crippen molar-refractivity contribution in [2.24, 2.45) is 0 Å². The lowest BCUT2D eigenvalue weighted by Crippen LogP contribution is -2.26. The van der Waals surface area contributed by atoms with Crippen LogP contribution in [0.25, 0.3) is 0 Å². The Morgan fingerprint density at radius 2 is 2.00 bits per heavy atom. The fraction of sp³-hybridized carbons (Fsp3) is 0.500. The first kappa shape index (κ1) is 11.9. The van der Waals surface area contributed by atoms with E-state index in [0.717, 1.165) is 24.3 Å². The molecule has 0 spiro atoms. The molecular weight excluding hydrogens is 186 g/mol. The van der Waals surface area contributed by atoms with Gasteiger partial charge in [0.25, 0.3) is 0 Å². The highest BCUT2D eigenvalue weighted by molar-refractivity contribution is 5.65. The molecule has 84 valence electrons. The van der Waals surface area contributed by atoms with Crippen LogP contribution in [0.3, 0.4) is 0 Å². The first-order valence-corrected chi connectivity index (χ1v) is 5.36. The topological polar surface area (TPSA) is 41.3 Å². The van der Waals surface area contributed by atoms with E-state index in [9.17, 15) is 0 Å². The summed E-state index contributed by atoms with van der Waals surface area (Å²) in [7, 11) is 4.20. The van der Waals surface area contributed by atoms with Crippen molar-refractivity contribution in [3.05, 3.63) is 24.3 Å². The molecule has 1 rings (SSSR count). The summed E-state index contributed by atoms with van der Waals surface area (Å²) in [6.07, 6.45) is 1.11. The second-order valence-corrected chi connectivity index (χ2v) is 4.12. The van der Waals surface area contributed by atoms with Crippen LogP contribution in [0.2, 0.25) is 0 Å². The Hall–Kier alpha value is -1.22. The number of hydrogen-bond acceptors (Lipinski definition) is 3. The second kappa shape index (κ2) is 5.61. The minimum atomic E-state index is 0.586. The average Bonchev–Trinajstić information content (AvgIpc) is 2.20. The maximum atomic E-state index is 5.82. The molecule has 1 aromatic rings. The Kier molecular flexibility index (Phi) is 4.43. The molecule has 1 aromatic carbocycles. The van der Waals surface area contributed by atoms with Gasteiger partial charge in [-0.1, -0.05) is 12.1 Å². The number of nitrogens with two attached hydrogens (primary N) is 1. The van der Waals surface area contributed by atoms with Gasteiger partial charge in [0, 0.05) is 12.6 Å². The van der Waals surface area contributed by atoms with Crippen molar-refractivity contribution >= 4 is 11.4 Å². The quantitative estimate of drug-likeness (QED) is 0.726. The fourth-order valence-electron chi connectivity index (χ4n) is 1.33. The molecular formula is C12H21N3. The summed E-state index contributed by atoms with van der Waals surface area (Å²) in [5.41, 5.74) is 7.67. The molecule has 0 saturated carbocycles.